The Balaban J connectivity index is 2.78. The van der Waals surface area contributed by atoms with Gasteiger partial charge in [-0.2, -0.15) is 9.97 Å². The topological polar surface area (TPSA) is 93.1 Å². The van der Waals surface area contributed by atoms with Crippen molar-refractivity contribution in [3.63, 3.8) is 0 Å². The molecule has 1 heterocycles. The third-order valence-electron chi connectivity index (χ3n) is 2.46. The summed E-state index contributed by atoms with van der Waals surface area (Å²) < 4.78 is 0. The average Bonchev–Trinajstić information content (AvgIpc) is 2.13. The van der Waals surface area contributed by atoms with Crippen molar-refractivity contribution in [1.82, 2.24) is 14.9 Å². The molecule has 1 rings (SSSR count). The number of nitrogens with one attached hydrogen (secondary N) is 1. The molecule has 0 aliphatic carbocycles. The van der Waals surface area contributed by atoms with Crippen LogP contribution < -0.4 is 16.8 Å². The SMILES string of the molecule is CC(C)C(CN(C)C)Nc1cc(N)nc(N)n1. The van der Waals surface area contributed by atoms with E-state index >= 15 is 0 Å². The zero-order valence-electron chi connectivity index (χ0n) is 10.9. The number of nitrogen functional groups attached to an aromatic ring is 2. The lowest BCUT2D eigenvalue weighted by Gasteiger charge is -2.26. The summed E-state index contributed by atoms with van der Waals surface area (Å²) in [6, 6.07) is 1.99. The average molecular weight is 238 g/mol. The Morgan fingerprint density at radius 1 is 1.29 bits per heavy atom. The maximum Gasteiger partial charge on any atom is 0.223 e. The van der Waals surface area contributed by atoms with Gasteiger partial charge >= 0.3 is 0 Å². The summed E-state index contributed by atoms with van der Waals surface area (Å²) in [4.78, 5) is 10.1. The summed E-state index contributed by atoms with van der Waals surface area (Å²) in [6.07, 6.45) is 0. The Labute approximate surface area is 102 Å². The highest BCUT2D eigenvalue weighted by Gasteiger charge is 2.15. The van der Waals surface area contributed by atoms with Gasteiger partial charge in [0.15, 0.2) is 0 Å². The second-order valence-electron chi connectivity index (χ2n) is 4.79. The van der Waals surface area contributed by atoms with Gasteiger partial charge in [0, 0.05) is 18.7 Å². The molecule has 0 saturated heterocycles. The first kappa shape index (κ1) is 13.5. The minimum Gasteiger partial charge on any atom is -0.383 e. The van der Waals surface area contributed by atoms with Crippen LogP contribution in [-0.2, 0) is 0 Å². The van der Waals surface area contributed by atoms with Gasteiger partial charge in [0.25, 0.3) is 0 Å². The van der Waals surface area contributed by atoms with Gasteiger partial charge in [0.05, 0.1) is 0 Å². The Hall–Kier alpha value is -1.56. The van der Waals surface area contributed by atoms with Crippen molar-refractivity contribution in [3.8, 4) is 0 Å². The third kappa shape index (κ3) is 4.44. The van der Waals surface area contributed by atoms with Crippen molar-refractivity contribution < 1.29 is 0 Å². The summed E-state index contributed by atoms with van der Waals surface area (Å²) in [6.45, 7) is 5.24. The number of nitrogens with zero attached hydrogens (tertiary/aromatic N) is 3. The first-order valence-corrected chi connectivity index (χ1v) is 5.69. The van der Waals surface area contributed by atoms with Gasteiger partial charge in [-0.05, 0) is 20.0 Å². The minimum atomic E-state index is 0.194. The van der Waals surface area contributed by atoms with Crippen molar-refractivity contribution in [2.24, 2.45) is 5.92 Å². The molecule has 96 valence electrons. The number of aromatic nitrogens is 2. The van der Waals surface area contributed by atoms with Crippen molar-refractivity contribution in [2.75, 3.05) is 37.4 Å². The minimum absolute atomic E-state index is 0.194. The molecule has 0 aliphatic rings. The Bertz CT molecular complexity index is 343. The molecule has 1 unspecified atom stereocenters. The van der Waals surface area contributed by atoms with E-state index in [1.807, 2.05) is 14.1 Å². The highest BCUT2D eigenvalue weighted by molar-refractivity contribution is 5.49. The number of rotatable bonds is 5. The van der Waals surface area contributed by atoms with E-state index in [0.717, 1.165) is 6.54 Å². The first-order valence-electron chi connectivity index (χ1n) is 5.69. The molecule has 6 nitrogen and oxygen atoms in total. The van der Waals surface area contributed by atoms with Crippen LogP contribution >= 0.6 is 0 Å². The Morgan fingerprint density at radius 3 is 2.41 bits per heavy atom. The van der Waals surface area contributed by atoms with E-state index in [1.165, 1.54) is 0 Å². The summed E-state index contributed by atoms with van der Waals surface area (Å²) in [5, 5.41) is 3.34. The van der Waals surface area contributed by atoms with Gasteiger partial charge in [-0.15, -0.1) is 0 Å². The number of hydrogen-bond acceptors (Lipinski definition) is 6. The van der Waals surface area contributed by atoms with Gasteiger partial charge in [0.1, 0.15) is 11.6 Å². The second kappa shape index (κ2) is 5.67. The van der Waals surface area contributed by atoms with Crippen molar-refractivity contribution >= 4 is 17.6 Å². The zero-order chi connectivity index (χ0) is 13.0. The lowest BCUT2D eigenvalue weighted by molar-refractivity contribution is 0.344. The van der Waals surface area contributed by atoms with Gasteiger partial charge in [-0.3, -0.25) is 0 Å². The molecule has 0 fully saturated rings. The monoisotopic (exact) mass is 238 g/mol. The molecule has 1 aromatic heterocycles. The normalized spacial score (nSPS) is 13.1. The van der Waals surface area contributed by atoms with Crippen LogP contribution in [-0.4, -0.2) is 41.5 Å². The van der Waals surface area contributed by atoms with Crippen LogP contribution in [0.3, 0.4) is 0 Å². The molecule has 5 N–H and O–H groups in total. The molecule has 17 heavy (non-hydrogen) atoms. The molecule has 6 heteroatoms. The molecule has 0 aliphatic heterocycles. The van der Waals surface area contributed by atoms with Gasteiger partial charge in [0.2, 0.25) is 5.95 Å². The molecular formula is C11H22N6. The number of hydrogen-bond donors (Lipinski definition) is 3. The number of nitrogens with two attached hydrogens (primary N) is 2. The van der Waals surface area contributed by atoms with Crippen LogP contribution in [0, 0.1) is 5.92 Å². The molecule has 0 bridgehead atoms. The van der Waals surface area contributed by atoms with E-state index in [9.17, 15) is 0 Å². The summed E-state index contributed by atoms with van der Waals surface area (Å²) in [5.41, 5.74) is 11.2. The Kier molecular flexibility index (Phi) is 4.51. The van der Waals surface area contributed by atoms with Crippen LogP contribution in [0.1, 0.15) is 13.8 Å². The fraction of sp³-hybridized carbons (Fsp3) is 0.636. The van der Waals surface area contributed by atoms with E-state index in [-0.39, 0.29) is 5.95 Å². The molecular weight excluding hydrogens is 216 g/mol. The zero-order valence-corrected chi connectivity index (χ0v) is 10.9. The van der Waals surface area contributed by atoms with E-state index in [4.69, 9.17) is 11.5 Å². The predicted molar refractivity (Wildman–Crippen MR) is 71.7 cm³/mol. The van der Waals surface area contributed by atoms with Crippen molar-refractivity contribution in [1.29, 1.82) is 0 Å². The van der Waals surface area contributed by atoms with E-state index < -0.39 is 0 Å². The lowest BCUT2D eigenvalue weighted by atomic mass is 10.0. The highest BCUT2D eigenvalue weighted by atomic mass is 15.1. The van der Waals surface area contributed by atoms with Crippen LogP contribution in [0.25, 0.3) is 0 Å². The van der Waals surface area contributed by atoms with Crippen molar-refractivity contribution in [3.05, 3.63) is 6.07 Å². The van der Waals surface area contributed by atoms with Crippen LogP contribution in [0.4, 0.5) is 17.6 Å². The fourth-order valence-corrected chi connectivity index (χ4v) is 1.57. The van der Waals surface area contributed by atoms with Gasteiger partial charge in [-0.25, -0.2) is 0 Å². The summed E-state index contributed by atoms with van der Waals surface area (Å²) in [5.74, 6) is 1.73. The smallest absolute Gasteiger partial charge is 0.223 e. The van der Waals surface area contributed by atoms with Crippen LogP contribution in [0.2, 0.25) is 0 Å². The molecule has 0 saturated carbocycles. The lowest BCUT2D eigenvalue weighted by Crippen LogP contribution is -2.36. The largest absolute Gasteiger partial charge is 0.383 e. The predicted octanol–water partition coefficient (Wildman–Crippen LogP) is 0.639. The molecule has 0 spiro atoms. The maximum absolute atomic E-state index is 5.63. The second-order valence-corrected chi connectivity index (χ2v) is 4.79. The number of anilines is 3. The quantitative estimate of drug-likeness (QED) is 0.697. The summed E-state index contributed by atoms with van der Waals surface area (Å²) in [7, 11) is 4.08. The van der Waals surface area contributed by atoms with Gasteiger partial charge in [-0.1, -0.05) is 13.8 Å². The molecule has 1 aromatic rings. The molecule has 1 atom stereocenters. The van der Waals surface area contributed by atoms with Gasteiger partial charge < -0.3 is 21.7 Å². The van der Waals surface area contributed by atoms with E-state index in [1.54, 1.807) is 6.07 Å². The van der Waals surface area contributed by atoms with Crippen LogP contribution in [0.15, 0.2) is 6.07 Å². The van der Waals surface area contributed by atoms with Crippen molar-refractivity contribution in [2.45, 2.75) is 19.9 Å². The van der Waals surface area contributed by atoms with E-state index in [0.29, 0.717) is 23.6 Å². The summed E-state index contributed by atoms with van der Waals surface area (Å²) >= 11 is 0. The highest BCUT2D eigenvalue weighted by Crippen LogP contribution is 2.14. The fourth-order valence-electron chi connectivity index (χ4n) is 1.57. The first-order chi connectivity index (χ1) is 7.88. The number of likely N-dealkylation sites (N-methyl/N-ethyl adjacent to an activating group) is 1. The maximum atomic E-state index is 5.63. The standard InChI is InChI=1S/C11H22N6/c1-7(2)8(6-17(3)4)14-10-5-9(12)15-11(13)16-10/h5,7-8H,6H2,1-4H3,(H5,12,13,14,15,16). The molecule has 0 amide bonds. The van der Waals surface area contributed by atoms with E-state index in [2.05, 4.69) is 34.0 Å². The van der Waals surface area contributed by atoms with Crippen LogP contribution in [0.5, 0.6) is 0 Å². The molecule has 0 aromatic carbocycles. The molecule has 0 radical (unpaired) electrons. The Morgan fingerprint density at radius 2 is 1.94 bits per heavy atom. The third-order valence-corrected chi connectivity index (χ3v) is 2.46.